The van der Waals surface area contributed by atoms with Gasteiger partial charge in [-0.3, -0.25) is 10.1 Å². The van der Waals surface area contributed by atoms with Crippen LogP contribution in [0.3, 0.4) is 0 Å². The molecule has 0 saturated carbocycles. The van der Waals surface area contributed by atoms with Gasteiger partial charge in [-0.2, -0.15) is 5.26 Å². The second kappa shape index (κ2) is 8.53. The average molecular weight is 334 g/mol. The number of hydrogen-bond donors (Lipinski definition) is 2. The molecule has 3 amide bonds. The maximum absolute atomic E-state index is 12.1. The number of carbonyl (C=O) groups excluding carboxylic acids is 2. The highest BCUT2D eigenvalue weighted by molar-refractivity contribution is 8.00. The first-order valence-corrected chi connectivity index (χ1v) is 8.26. The molecule has 124 valence electrons. The van der Waals surface area contributed by atoms with Crippen molar-refractivity contribution in [1.29, 1.82) is 5.26 Å². The van der Waals surface area contributed by atoms with Crippen LogP contribution < -0.4 is 10.6 Å². The number of nitriles is 1. The summed E-state index contributed by atoms with van der Waals surface area (Å²) in [4.78, 5) is 28.0. The number of rotatable bonds is 5. The first-order chi connectivity index (χ1) is 10.7. The van der Waals surface area contributed by atoms with Crippen molar-refractivity contribution in [2.75, 3.05) is 6.54 Å². The van der Waals surface area contributed by atoms with Crippen LogP contribution in [0.15, 0.2) is 11.1 Å². The second-order valence-electron chi connectivity index (χ2n) is 5.73. The van der Waals surface area contributed by atoms with E-state index in [-0.39, 0.29) is 0 Å². The minimum Gasteiger partial charge on any atom is -0.338 e. The molecule has 0 aliphatic rings. The molecule has 0 radical (unpaired) electrons. The molecule has 23 heavy (non-hydrogen) atoms. The standard InChI is InChI=1S/C16H22N4O2S/c1-9(2)8-18-16(22)20-14(21)12(5)23-15-13(7-17)10(3)6-11(4)19-15/h6,9,12H,8H2,1-5H3,(H2,18,20,21,22)/t12-/m0/s1. The van der Waals surface area contributed by atoms with Gasteiger partial charge in [-0.25, -0.2) is 9.78 Å². The van der Waals surface area contributed by atoms with Gasteiger partial charge in [-0.05, 0) is 38.3 Å². The van der Waals surface area contributed by atoms with Gasteiger partial charge < -0.3 is 5.32 Å². The number of aryl methyl sites for hydroxylation is 2. The summed E-state index contributed by atoms with van der Waals surface area (Å²) in [5, 5.41) is 14.1. The Morgan fingerprint density at radius 3 is 2.57 bits per heavy atom. The zero-order valence-electron chi connectivity index (χ0n) is 14.1. The fourth-order valence-electron chi connectivity index (χ4n) is 1.80. The summed E-state index contributed by atoms with van der Waals surface area (Å²) in [6.07, 6.45) is 0. The SMILES string of the molecule is Cc1cc(C)c(C#N)c(S[C@@H](C)C(=O)NC(=O)NCC(C)C)n1. The predicted molar refractivity (Wildman–Crippen MR) is 90.1 cm³/mol. The molecule has 0 bridgehead atoms. The highest BCUT2D eigenvalue weighted by atomic mass is 32.2. The molecule has 0 aliphatic carbocycles. The third-order valence-electron chi connectivity index (χ3n) is 2.99. The molecule has 1 aromatic heterocycles. The molecular formula is C16H22N4O2S. The van der Waals surface area contributed by atoms with E-state index in [2.05, 4.69) is 21.7 Å². The van der Waals surface area contributed by atoms with E-state index in [0.29, 0.717) is 23.1 Å². The largest absolute Gasteiger partial charge is 0.338 e. The van der Waals surface area contributed by atoms with Crippen molar-refractivity contribution in [1.82, 2.24) is 15.6 Å². The number of hydrogen-bond acceptors (Lipinski definition) is 5. The van der Waals surface area contributed by atoms with Crippen LogP contribution in [0.25, 0.3) is 0 Å². The summed E-state index contributed by atoms with van der Waals surface area (Å²) in [7, 11) is 0. The van der Waals surface area contributed by atoms with E-state index in [4.69, 9.17) is 0 Å². The molecule has 0 fully saturated rings. The van der Waals surface area contributed by atoms with Crippen LogP contribution in [0, 0.1) is 31.1 Å². The van der Waals surface area contributed by atoms with Gasteiger partial charge >= 0.3 is 6.03 Å². The normalized spacial score (nSPS) is 11.7. The first-order valence-electron chi connectivity index (χ1n) is 7.38. The van der Waals surface area contributed by atoms with E-state index in [1.807, 2.05) is 33.8 Å². The molecule has 0 spiro atoms. The van der Waals surface area contributed by atoms with Crippen LogP contribution >= 0.6 is 11.8 Å². The van der Waals surface area contributed by atoms with Gasteiger partial charge in [0.2, 0.25) is 5.91 Å². The predicted octanol–water partition coefficient (Wildman–Crippen LogP) is 2.53. The highest BCUT2D eigenvalue weighted by Gasteiger charge is 2.20. The number of amides is 3. The number of urea groups is 1. The van der Waals surface area contributed by atoms with Gasteiger partial charge in [0.15, 0.2) is 0 Å². The second-order valence-corrected chi connectivity index (χ2v) is 7.06. The molecule has 1 atom stereocenters. The number of pyridine rings is 1. The Labute approximate surface area is 141 Å². The maximum atomic E-state index is 12.1. The zero-order chi connectivity index (χ0) is 17.6. The molecule has 6 nitrogen and oxygen atoms in total. The Morgan fingerprint density at radius 1 is 1.35 bits per heavy atom. The van der Waals surface area contributed by atoms with Crippen LogP contribution in [-0.4, -0.2) is 28.7 Å². The van der Waals surface area contributed by atoms with Crippen molar-refractivity contribution in [3.8, 4) is 6.07 Å². The quantitative estimate of drug-likeness (QED) is 0.807. The van der Waals surface area contributed by atoms with Gasteiger partial charge in [0.1, 0.15) is 11.1 Å². The molecule has 1 aromatic rings. The summed E-state index contributed by atoms with van der Waals surface area (Å²) in [6, 6.07) is 3.43. The van der Waals surface area contributed by atoms with Crippen LogP contribution in [0.1, 0.15) is 37.6 Å². The van der Waals surface area contributed by atoms with E-state index < -0.39 is 17.2 Å². The minimum absolute atomic E-state index is 0.306. The lowest BCUT2D eigenvalue weighted by atomic mass is 10.1. The number of aromatic nitrogens is 1. The molecule has 0 aliphatic heterocycles. The van der Waals surface area contributed by atoms with Crippen molar-refractivity contribution < 1.29 is 9.59 Å². The number of thioether (sulfide) groups is 1. The minimum atomic E-state index is -0.541. The van der Waals surface area contributed by atoms with Gasteiger partial charge in [0, 0.05) is 12.2 Å². The van der Waals surface area contributed by atoms with Crippen molar-refractivity contribution in [2.24, 2.45) is 5.92 Å². The fourth-order valence-corrected chi connectivity index (χ4v) is 2.82. The molecule has 0 aromatic carbocycles. The van der Waals surface area contributed by atoms with Crippen LogP contribution in [0.4, 0.5) is 4.79 Å². The van der Waals surface area contributed by atoms with Crippen molar-refractivity contribution >= 4 is 23.7 Å². The average Bonchev–Trinajstić information content (AvgIpc) is 2.44. The van der Waals surface area contributed by atoms with Gasteiger partial charge in [-0.15, -0.1) is 0 Å². The van der Waals surface area contributed by atoms with Crippen LogP contribution in [0.5, 0.6) is 0 Å². The summed E-state index contributed by atoms with van der Waals surface area (Å²) in [5.41, 5.74) is 2.07. The van der Waals surface area contributed by atoms with Crippen molar-refractivity contribution in [3.05, 3.63) is 22.9 Å². The van der Waals surface area contributed by atoms with E-state index in [1.54, 1.807) is 6.92 Å². The fraction of sp³-hybridized carbons (Fsp3) is 0.500. The number of carbonyl (C=O) groups is 2. The lowest BCUT2D eigenvalue weighted by molar-refractivity contribution is -0.119. The topological polar surface area (TPSA) is 94.9 Å². The smallest absolute Gasteiger partial charge is 0.321 e. The zero-order valence-corrected chi connectivity index (χ0v) is 14.9. The maximum Gasteiger partial charge on any atom is 0.321 e. The Balaban J connectivity index is 2.73. The Bertz CT molecular complexity index is 638. The molecule has 7 heteroatoms. The molecule has 0 saturated heterocycles. The lowest BCUT2D eigenvalue weighted by Gasteiger charge is -2.14. The summed E-state index contributed by atoms with van der Waals surface area (Å²) in [6.45, 7) is 9.78. The van der Waals surface area contributed by atoms with Crippen molar-refractivity contribution in [2.45, 2.75) is 44.9 Å². The third kappa shape index (κ3) is 5.91. The summed E-state index contributed by atoms with van der Waals surface area (Å²) >= 11 is 1.17. The van der Waals surface area contributed by atoms with Crippen LogP contribution in [0.2, 0.25) is 0 Å². The summed E-state index contributed by atoms with van der Waals surface area (Å²) in [5.74, 6) is -0.110. The Morgan fingerprint density at radius 2 is 2.00 bits per heavy atom. The van der Waals surface area contributed by atoms with E-state index >= 15 is 0 Å². The monoisotopic (exact) mass is 334 g/mol. The lowest BCUT2D eigenvalue weighted by Crippen LogP contribution is -2.43. The molecule has 2 N–H and O–H groups in total. The van der Waals surface area contributed by atoms with Gasteiger partial charge in [0.25, 0.3) is 0 Å². The Hall–Kier alpha value is -2.07. The van der Waals surface area contributed by atoms with Gasteiger partial charge in [-0.1, -0.05) is 25.6 Å². The van der Waals surface area contributed by atoms with E-state index in [1.165, 1.54) is 11.8 Å². The molecule has 0 unspecified atom stereocenters. The van der Waals surface area contributed by atoms with E-state index in [0.717, 1.165) is 11.3 Å². The number of nitrogens with zero attached hydrogens (tertiary/aromatic N) is 2. The van der Waals surface area contributed by atoms with Crippen LogP contribution in [-0.2, 0) is 4.79 Å². The molecule has 1 rings (SSSR count). The Kier molecular flexibility index (Phi) is 7.04. The molecule has 1 heterocycles. The van der Waals surface area contributed by atoms with Gasteiger partial charge in [0.05, 0.1) is 10.8 Å². The van der Waals surface area contributed by atoms with E-state index in [9.17, 15) is 14.9 Å². The highest BCUT2D eigenvalue weighted by Crippen LogP contribution is 2.27. The third-order valence-corrected chi connectivity index (χ3v) is 4.07. The van der Waals surface area contributed by atoms with Crippen molar-refractivity contribution in [3.63, 3.8) is 0 Å². The summed E-state index contributed by atoms with van der Waals surface area (Å²) < 4.78 is 0. The first kappa shape index (κ1) is 19.0. The molecular weight excluding hydrogens is 312 g/mol. The number of imide groups is 1. The number of nitrogens with one attached hydrogen (secondary N) is 2.